The Morgan fingerprint density at radius 3 is 2.61 bits per heavy atom. The number of aryl methyl sites for hydroxylation is 1. The summed E-state index contributed by atoms with van der Waals surface area (Å²) in [5.74, 6) is -1.97. The van der Waals surface area contributed by atoms with Gasteiger partial charge in [0, 0.05) is 6.07 Å². The summed E-state index contributed by atoms with van der Waals surface area (Å²) in [5, 5.41) is 10.2. The van der Waals surface area contributed by atoms with E-state index in [4.69, 9.17) is 18.8 Å². The molecular weight excluding hydrogens is 330 g/mol. The predicted molar refractivity (Wildman–Crippen MR) is 74.8 cm³/mol. The average molecular weight is 343 g/mol. The number of amides is 1. The molecule has 1 unspecified atom stereocenters. The number of nitrogens with zero attached hydrogens (tertiary/aromatic N) is 1. The minimum Gasteiger partial charge on any atom is -0.447 e. The van der Waals surface area contributed by atoms with Gasteiger partial charge in [0.05, 0.1) is 5.69 Å². The molecule has 1 amide bonds. The fourth-order valence-corrected chi connectivity index (χ4v) is 1.96. The standard InChI is InChI=1S/C12H13N3O7S/c1-6-5-9(22-15-6)14-11(16)7(2)20-12(17)8-3-4-10(21-8)23(13,18)19/h3-5,7H,1-2H3,(H,14,16)(H2,13,18,19). The van der Waals surface area contributed by atoms with Crippen molar-refractivity contribution in [1.82, 2.24) is 5.16 Å². The molecular formula is C12H13N3O7S. The number of anilines is 1. The van der Waals surface area contributed by atoms with E-state index >= 15 is 0 Å². The lowest BCUT2D eigenvalue weighted by molar-refractivity contribution is -0.124. The first-order valence-corrected chi connectivity index (χ1v) is 7.79. The van der Waals surface area contributed by atoms with Crippen LogP contribution in [0.5, 0.6) is 0 Å². The lowest BCUT2D eigenvalue weighted by atomic mass is 10.3. The third-order valence-electron chi connectivity index (χ3n) is 2.59. The molecule has 124 valence electrons. The van der Waals surface area contributed by atoms with E-state index in [1.54, 1.807) is 6.92 Å². The molecule has 23 heavy (non-hydrogen) atoms. The second-order valence-electron chi connectivity index (χ2n) is 4.53. The van der Waals surface area contributed by atoms with Crippen molar-refractivity contribution in [3.8, 4) is 0 Å². The first-order valence-electron chi connectivity index (χ1n) is 6.24. The summed E-state index contributed by atoms with van der Waals surface area (Å²) in [7, 11) is -4.07. The van der Waals surface area contributed by atoms with Crippen molar-refractivity contribution in [3.05, 3.63) is 29.7 Å². The summed E-state index contributed by atoms with van der Waals surface area (Å²) in [6.07, 6.45) is -1.18. The van der Waals surface area contributed by atoms with Gasteiger partial charge in [-0.1, -0.05) is 5.16 Å². The van der Waals surface area contributed by atoms with Crippen molar-refractivity contribution >= 4 is 27.8 Å². The van der Waals surface area contributed by atoms with Crippen LogP contribution >= 0.6 is 0 Å². The number of hydrogen-bond acceptors (Lipinski definition) is 8. The van der Waals surface area contributed by atoms with E-state index in [2.05, 4.69) is 10.5 Å². The van der Waals surface area contributed by atoms with Crippen molar-refractivity contribution in [3.63, 3.8) is 0 Å². The Kier molecular flexibility index (Phi) is 4.52. The molecule has 0 saturated heterocycles. The highest BCUT2D eigenvalue weighted by atomic mass is 32.2. The van der Waals surface area contributed by atoms with Crippen LogP contribution < -0.4 is 10.5 Å². The second kappa shape index (κ2) is 6.22. The highest BCUT2D eigenvalue weighted by molar-refractivity contribution is 7.89. The first-order chi connectivity index (χ1) is 10.7. The maximum atomic E-state index is 11.8. The molecule has 0 aromatic carbocycles. The smallest absolute Gasteiger partial charge is 0.375 e. The zero-order valence-electron chi connectivity index (χ0n) is 12.1. The Bertz CT molecular complexity index is 836. The van der Waals surface area contributed by atoms with Gasteiger partial charge in [-0.05, 0) is 26.0 Å². The summed E-state index contributed by atoms with van der Waals surface area (Å²) in [5.41, 5.74) is 0.566. The van der Waals surface area contributed by atoms with Crippen molar-refractivity contribution in [2.75, 3.05) is 5.32 Å². The van der Waals surface area contributed by atoms with Crippen molar-refractivity contribution in [2.24, 2.45) is 5.14 Å². The number of nitrogens with two attached hydrogens (primary N) is 1. The number of rotatable bonds is 5. The monoisotopic (exact) mass is 343 g/mol. The fourth-order valence-electron chi connectivity index (χ4n) is 1.50. The number of esters is 1. The van der Waals surface area contributed by atoms with Gasteiger partial charge in [-0.3, -0.25) is 10.1 Å². The molecule has 2 heterocycles. The van der Waals surface area contributed by atoms with Crippen LogP contribution in [0.2, 0.25) is 0 Å². The quantitative estimate of drug-likeness (QED) is 0.739. The summed E-state index contributed by atoms with van der Waals surface area (Å²) in [6, 6.07) is 3.57. The lowest BCUT2D eigenvalue weighted by Gasteiger charge is -2.10. The third kappa shape index (κ3) is 4.17. The van der Waals surface area contributed by atoms with Crippen LogP contribution in [-0.2, 0) is 19.6 Å². The number of hydrogen-bond donors (Lipinski definition) is 2. The van der Waals surface area contributed by atoms with Gasteiger partial charge in [-0.25, -0.2) is 18.4 Å². The number of carbonyl (C=O) groups excluding carboxylic acids is 2. The molecule has 0 aliphatic rings. The Labute approximate surface area is 130 Å². The number of sulfonamides is 1. The zero-order chi connectivity index (χ0) is 17.2. The van der Waals surface area contributed by atoms with Gasteiger partial charge in [0.1, 0.15) is 0 Å². The van der Waals surface area contributed by atoms with Gasteiger partial charge in [0.25, 0.3) is 15.9 Å². The number of ether oxygens (including phenoxy) is 1. The lowest BCUT2D eigenvalue weighted by Crippen LogP contribution is -2.29. The molecule has 0 spiro atoms. The van der Waals surface area contributed by atoms with E-state index in [-0.39, 0.29) is 5.88 Å². The van der Waals surface area contributed by atoms with Crippen molar-refractivity contribution in [2.45, 2.75) is 25.0 Å². The van der Waals surface area contributed by atoms with Crippen LogP contribution in [0.4, 0.5) is 5.88 Å². The Morgan fingerprint density at radius 1 is 1.39 bits per heavy atom. The largest absolute Gasteiger partial charge is 0.447 e. The van der Waals surface area contributed by atoms with E-state index in [0.29, 0.717) is 5.69 Å². The number of aromatic nitrogens is 1. The van der Waals surface area contributed by atoms with E-state index < -0.39 is 38.9 Å². The molecule has 1 atom stereocenters. The number of carbonyl (C=O) groups is 2. The minimum absolute atomic E-state index is 0.102. The molecule has 0 aliphatic carbocycles. The van der Waals surface area contributed by atoms with Crippen molar-refractivity contribution < 1.29 is 31.7 Å². The molecule has 0 radical (unpaired) electrons. The molecule has 0 saturated carbocycles. The molecule has 2 aromatic heterocycles. The molecule has 2 aromatic rings. The minimum atomic E-state index is -4.07. The van der Waals surface area contributed by atoms with Gasteiger partial charge >= 0.3 is 5.97 Å². The second-order valence-corrected chi connectivity index (χ2v) is 6.03. The Morgan fingerprint density at radius 2 is 2.09 bits per heavy atom. The van der Waals surface area contributed by atoms with E-state index in [9.17, 15) is 18.0 Å². The highest BCUT2D eigenvalue weighted by Gasteiger charge is 2.23. The summed E-state index contributed by atoms with van der Waals surface area (Å²) in [6.45, 7) is 2.99. The molecule has 10 nitrogen and oxygen atoms in total. The van der Waals surface area contributed by atoms with Crippen LogP contribution in [0.3, 0.4) is 0 Å². The maximum absolute atomic E-state index is 11.8. The van der Waals surface area contributed by atoms with Crippen LogP contribution in [0, 0.1) is 6.92 Å². The number of furan rings is 1. The van der Waals surface area contributed by atoms with Gasteiger partial charge in [-0.2, -0.15) is 0 Å². The van der Waals surface area contributed by atoms with Gasteiger partial charge < -0.3 is 13.7 Å². The number of primary sulfonamides is 1. The maximum Gasteiger partial charge on any atom is 0.375 e. The molecule has 11 heteroatoms. The van der Waals surface area contributed by atoms with Crippen LogP contribution in [-0.4, -0.2) is 31.6 Å². The highest BCUT2D eigenvalue weighted by Crippen LogP contribution is 2.14. The van der Waals surface area contributed by atoms with Gasteiger partial charge in [0.15, 0.2) is 6.10 Å². The summed E-state index contributed by atoms with van der Waals surface area (Å²) < 4.78 is 36.5. The summed E-state index contributed by atoms with van der Waals surface area (Å²) in [4.78, 5) is 23.6. The zero-order valence-corrected chi connectivity index (χ0v) is 12.9. The normalized spacial score (nSPS) is 12.7. The van der Waals surface area contributed by atoms with Crippen LogP contribution in [0.25, 0.3) is 0 Å². The fraction of sp³-hybridized carbons (Fsp3) is 0.250. The third-order valence-corrected chi connectivity index (χ3v) is 3.37. The SMILES string of the molecule is Cc1cc(NC(=O)C(C)OC(=O)c2ccc(S(N)(=O)=O)o2)on1. The predicted octanol–water partition coefficient (Wildman–Crippen LogP) is 0.407. The number of nitrogens with one attached hydrogen (secondary N) is 1. The van der Waals surface area contributed by atoms with Crippen molar-refractivity contribution in [1.29, 1.82) is 0 Å². The summed E-state index contributed by atoms with van der Waals surface area (Å²) >= 11 is 0. The molecule has 0 aliphatic heterocycles. The molecule has 0 bridgehead atoms. The molecule has 3 N–H and O–H groups in total. The topological polar surface area (TPSA) is 155 Å². The Hall–Kier alpha value is -2.66. The van der Waals surface area contributed by atoms with E-state index in [0.717, 1.165) is 12.1 Å². The van der Waals surface area contributed by atoms with E-state index in [1.165, 1.54) is 13.0 Å². The first kappa shape index (κ1) is 16.7. The van der Waals surface area contributed by atoms with E-state index in [1.807, 2.05) is 0 Å². The van der Waals surface area contributed by atoms with Gasteiger partial charge in [0.2, 0.25) is 16.7 Å². The molecule has 2 rings (SSSR count). The average Bonchev–Trinajstić information content (AvgIpc) is 3.07. The van der Waals surface area contributed by atoms with Crippen LogP contribution in [0.1, 0.15) is 23.2 Å². The molecule has 0 fully saturated rings. The van der Waals surface area contributed by atoms with Crippen LogP contribution in [0.15, 0.2) is 32.2 Å². The Balaban J connectivity index is 1.99. The van der Waals surface area contributed by atoms with Gasteiger partial charge in [-0.15, -0.1) is 0 Å².